The van der Waals surface area contributed by atoms with Crippen LogP contribution in [0.15, 0.2) is 193 Å². The van der Waals surface area contributed by atoms with Crippen LogP contribution in [0, 0.1) is 40.5 Å². The molecule has 4 N–H and O–H groups in total. The number of hydrogen-bond acceptors (Lipinski definition) is 20. The van der Waals surface area contributed by atoms with E-state index < -0.39 is 19.7 Å². The van der Waals surface area contributed by atoms with Gasteiger partial charge in [-0.3, -0.25) is 40.5 Å². The van der Waals surface area contributed by atoms with Gasteiger partial charge in [-0.1, -0.05) is 31.2 Å². The lowest BCUT2D eigenvalue weighted by Gasteiger charge is -2.16. The number of phenols is 4. The Morgan fingerprint density at radius 3 is 0.870 bits per heavy atom. The summed E-state index contributed by atoms with van der Waals surface area (Å²) < 4.78 is 0. The summed E-state index contributed by atoms with van der Waals surface area (Å²) in [6.45, 7) is 1.80. The predicted molar refractivity (Wildman–Crippen MR) is 279 cm³/mol. The Balaban J connectivity index is 1.22. The maximum Gasteiger partial charge on any atom is 0.271 e. The van der Waals surface area contributed by atoms with E-state index in [1.54, 1.807) is 13.0 Å². The van der Waals surface area contributed by atoms with Crippen LogP contribution < -0.4 is 0 Å². The summed E-state index contributed by atoms with van der Waals surface area (Å²) in [4.78, 5) is 43.5. The SMILES string of the molecule is CCc1cc(N=Nc2cccc([N+](=O)[O-])c2)cc(Cc2cc(N=Nc3cccc([N+](=O)[O-])c3)cc(Cc3cc(N=Nc4cccc([N+](=O)[O-])c4)cc(Cc4cc(N=Nc5cccc([N+](=O)[O-])c5)ccc4O)c3O)c2O)c1O. The molecule has 384 valence electrons. The maximum absolute atomic E-state index is 12.2. The summed E-state index contributed by atoms with van der Waals surface area (Å²) in [6.07, 6.45) is -0.212. The topological polar surface area (TPSA) is 352 Å². The van der Waals surface area contributed by atoms with Gasteiger partial charge in [0.25, 0.3) is 22.7 Å². The summed E-state index contributed by atoms with van der Waals surface area (Å²) >= 11 is 0. The molecule has 0 bridgehead atoms. The second kappa shape index (κ2) is 23.2. The first kappa shape index (κ1) is 52.3. The van der Waals surface area contributed by atoms with Crippen LogP contribution in [-0.2, 0) is 25.7 Å². The summed E-state index contributed by atoms with van der Waals surface area (Å²) in [7, 11) is 0. The first-order valence-electron chi connectivity index (χ1n) is 23.0. The molecule has 0 spiro atoms. The zero-order valence-corrected chi connectivity index (χ0v) is 40.2. The van der Waals surface area contributed by atoms with Crippen LogP contribution in [0.2, 0.25) is 0 Å². The molecule has 0 aliphatic heterocycles. The molecular formula is C53H40N12O12. The fourth-order valence-corrected chi connectivity index (χ4v) is 7.87. The molecule has 24 heteroatoms. The molecule has 0 fully saturated rings. The van der Waals surface area contributed by atoms with Crippen LogP contribution in [0.5, 0.6) is 23.0 Å². The van der Waals surface area contributed by atoms with Crippen molar-refractivity contribution in [1.82, 2.24) is 0 Å². The number of benzene rings is 8. The number of phenolic OH excluding ortho intramolecular Hbond substituents is 4. The number of nitro groups is 4. The van der Waals surface area contributed by atoms with Gasteiger partial charge < -0.3 is 20.4 Å². The van der Waals surface area contributed by atoms with Crippen molar-refractivity contribution in [1.29, 1.82) is 0 Å². The van der Waals surface area contributed by atoms with Crippen LogP contribution >= 0.6 is 0 Å². The highest BCUT2D eigenvalue weighted by Crippen LogP contribution is 2.41. The van der Waals surface area contributed by atoms with E-state index in [0.717, 1.165) is 0 Å². The fourth-order valence-electron chi connectivity index (χ4n) is 7.87. The summed E-state index contributed by atoms with van der Waals surface area (Å²) in [6, 6.07) is 35.2. The molecule has 8 rings (SSSR count). The van der Waals surface area contributed by atoms with Crippen molar-refractivity contribution in [3.63, 3.8) is 0 Å². The van der Waals surface area contributed by atoms with Crippen LogP contribution in [-0.4, -0.2) is 40.1 Å². The largest absolute Gasteiger partial charge is 0.508 e. The number of rotatable bonds is 19. The maximum atomic E-state index is 12.2. The Morgan fingerprint density at radius 2 is 0.571 bits per heavy atom. The average molecular weight is 1040 g/mol. The summed E-state index contributed by atoms with van der Waals surface area (Å²) in [5, 5.41) is 127. The van der Waals surface area contributed by atoms with Crippen LogP contribution in [0.25, 0.3) is 0 Å². The average Bonchev–Trinajstić information content (AvgIpc) is 3.43. The van der Waals surface area contributed by atoms with E-state index in [-0.39, 0.29) is 144 Å². The molecule has 8 aromatic rings. The molecule has 0 amide bonds. The molecule has 0 unspecified atom stereocenters. The van der Waals surface area contributed by atoms with Crippen LogP contribution in [0.4, 0.5) is 68.2 Å². The summed E-state index contributed by atoms with van der Waals surface area (Å²) in [5.41, 5.74) is 2.28. The molecule has 24 nitrogen and oxygen atoms in total. The van der Waals surface area contributed by atoms with E-state index in [2.05, 4.69) is 40.9 Å². The second-order valence-electron chi connectivity index (χ2n) is 16.9. The van der Waals surface area contributed by atoms with Gasteiger partial charge >= 0.3 is 0 Å². The van der Waals surface area contributed by atoms with Gasteiger partial charge in [0.2, 0.25) is 0 Å². The zero-order valence-electron chi connectivity index (χ0n) is 40.2. The van der Waals surface area contributed by atoms with Crippen molar-refractivity contribution in [2.24, 2.45) is 40.9 Å². The third kappa shape index (κ3) is 13.1. The number of nitrogens with zero attached hydrogens (tertiary/aromatic N) is 12. The van der Waals surface area contributed by atoms with Gasteiger partial charge in [-0.25, -0.2) is 0 Å². The van der Waals surface area contributed by atoms with E-state index in [1.807, 2.05) is 0 Å². The predicted octanol–water partition coefficient (Wildman–Crippen LogP) is 15.1. The minimum Gasteiger partial charge on any atom is -0.508 e. The van der Waals surface area contributed by atoms with Crippen LogP contribution in [0.1, 0.15) is 45.9 Å². The van der Waals surface area contributed by atoms with Crippen molar-refractivity contribution in [3.05, 3.63) is 231 Å². The smallest absolute Gasteiger partial charge is 0.271 e. The highest BCUT2D eigenvalue weighted by molar-refractivity contribution is 5.62. The van der Waals surface area contributed by atoms with Gasteiger partial charge in [-0.2, -0.15) is 40.9 Å². The molecule has 0 aliphatic rings. The third-order valence-electron chi connectivity index (χ3n) is 11.6. The van der Waals surface area contributed by atoms with Crippen molar-refractivity contribution in [3.8, 4) is 23.0 Å². The second-order valence-corrected chi connectivity index (χ2v) is 16.9. The monoisotopic (exact) mass is 1040 g/mol. The molecule has 0 aliphatic carbocycles. The molecule has 77 heavy (non-hydrogen) atoms. The third-order valence-corrected chi connectivity index (χ3v) is 11.6. The Kier molecular flexibility index (Phi) is 15.8. The minimum absolute atomic E-state index is 0.117. The number of non-ortho nitro benzene ring substituents is 4. The standard InChI is InChI=1S/C53H40N12O12/c1-2-31-20-43(59-55-39-8-4-12-47(28-39)63(72)73)23-34(51(31)67)18-35-24-45(61-57-41-10-6-14-49(30-41)65(76)77)26-37(53(35)69)19-36-25-44(60-56-40-9-5-13-48(29-40)64(74)75)22-33(52(36)68)17-32-21-42(15-16-50(32)66)58-54-38-7-3-11-46(27-38)62(70)71/h3-16,20-30,66-69H,2,17-19H2,1H3. The molecule has 0 atom stereocenters. The molecule has 0 saturated carbocycles. The van der Waals surface area contributed by atoms with Crippen molar-refractivity contribution in [2.75, 3.05) is 0 Å². The first-order chi connectivity index (χ1) is 37.0. The Bertz CT molecular complexity index is 3770. The number of nitro benzene ring substituents is 4. The molecule has 0 radical (unpaired) electrons. The van der Waals surface area contributed by atoms with Gasteiger partial charge in [0.1, 0.15) is 23.0 Å². The first-order valence-corrected chi connectivity index (χ1v) is 23.0. The molecule has 0 heterocycles. The number of azo groups is 4. The Hall–Kier alpha value is -11.0. The van der Waals surface area contributed by atoms with E-state index in [1.165, 1.54) is 146 Å². The highest BCUT2D eigenvalue weighted by Gasteiger charge is 2.20. The van der Waals surface area contributed by atoms with E-state index in [4.69, 9.17) is 0 Å². The summed E-state index contributed by atoms with van der Waals surface area (Å²) in [5.74, 6) is -0.923. The lowest BCUT2D eigenvalue weighted by Crippen LogP contribution is -1.99. The number of hydrogen-bond donors (Lipinski definition) is 4. The van der Waals surface area contributed by atoms with Gasteiger partial charge in [-0.05, 0) is 90.8 Å². The van der Waals surface area contributed by atoms with Crippen LogP contribution in [0.3, 0.4) is 0 Å². The lowest BCUT2D eigenvalue weighted by atomic mass is 9.93. The van der Waals surface area contributed by atoms with Crippen molar-refractivity contribution in [2.45, 2.75) is 32.6 Å². The Labute approximate surface area is 434 Å². The van der Waals surface area contributed by atoms with Gasteiger partial charge in [0.15, 0.2) is 0 Å². The van der Waals surface area contributed by atoms with Crippen molar-refractivity contribution < 1.29 is 40.1 Å². The molecule has 0 aromatic heterocycles. The Morgan fingerprint density at radius 1 is 0.325 bits per heavy atom. The van der Waals surface area contributed by atoms with E-state index >= 15 is 0 Å². The normalized spacial score (nSPS) is 11.5. The molecular weight excluding hydrogens is 997 g/mol. The van der Waals surface area contributed by atoms with Gasteiger partial charge in [0.05, 0.1) is 65.2 Å². The lowest BCUT2D eigenvalue weighted by molar-refractivity contribution is -0.385. The molecule has 0 saturated heterocycles. The molecule has 8 aromatic carbocycles. The van der Waals surface area contributed by atoms with Gasteiger partial charge in [0, 0.05) is 101 Å². The van der Waals surface area contributed by atoms with Gasteiger partial charge in [-0.15, -0.1) is 0 Å². The number of aryl methyl sites for hydroxylation is 1. The van der Waals surface area contributed by atoms with E-state index in [0.29, 0.717) is 12.0 Å². The van der Waals surface area contributed by atoms with E-state index in [9.17, 15) is 60.9 Å². The fraction of sp³-hybridized carbons (Fsp3) is 0.0943. The number of aromatic hydroxyl groups is 4. The zero-order chi connectivity index (χ0) is 54.8. The quantitative estimate of drug-likeness (QED) is 0.0333. The minimum atomic E-state index is -0.590. The van der Waals surface area contributed by atoms with Crippen molar-refractivity contribution >= 4 is 68.2 Å². The highest BCUT2D eigenvalue weighted by atomic mass is 16.6.